The Morgan fingerprint density at radius 3 is 1.71 bits per heavy atom. The molecule has 11 rings (SSSR count). The zero-order chi connectivity index (χ0) is 37.0. The fourth-order valence-electron chi connectivity index (χ4n) is 8.02. The van der Waals surface area contributed by atoms with Crippen LogP contribution in [0.4, 0.5) is 0 Å². The third-order valence-corrected chi connectivity index (χ3v) is 10.7. The van der Waals surface area contributed by atoms with Crippen molar-refractivity contribution in [1.82, 2.24) is 19.5 Å². The number of fused-ring (bicyclic) bond motifs is 7. The van der Waals surface area contributed by atoms with Crippen LogP contribution in [0.15, 0.2) is 199 Å². The van der Waals surface area contributed by atoms with Gasteiger partial charge in [-0.3, -0.25) is 4.57 Å². The molecule has 3 heterocycles. The van der Waals surface area contributed by atoms with Gasteiger partial charge >= 0.3 is 0 Å². The van der Waals surface area contributed by atoms with Gasteiger partial charge in [0.15, 0.2) is 17.2 Å². The van der Waals surface area contributed by atoms with Gasteiger partial charge in [-0.15, -0.1) is 0 Å². The topological polar surface area (TPSA) is 56.7 Å². The van der Waals surface area contributed by atoms with Crippen LogP contribution in [-0.2, 0) is 0 Å². The number of nitrogens with zero attached hydrogens (tertiary/aromatic N) is 4. The Hall–Kier alpha value is -7.63. The first kappa shape index (κ1) is 31.9. The van der Waals surface area contributed by atoms with Crippen molar-refractivity contribution in [2.75, 3.05) is 0 Å². The Morgan fingerprint density at radius 1 is 0.357 bits per heavy atom. The average Bonchev–Trinajstić information content (AvgIpc) is 3.83. The quantitative estimate of drug-likeness (QED) is 0.172. The second-order valence-corrected chi connectivity index (χ2v) is 14.0. The number of hydrogen-bond donors (Lipinski definition) is 0. The van der Waals surface area contributed by atoms with E-state index in [4.69, 9.17) is 19.4 Å². The number of benzene rings is 8. The van der Waals surface area contributed by atoms with Gasteiger partial charge in [0.2, 0.25) is 5.95 Å². The lowest BCUT2D eigenvalue weighted by Gasteiger charge is -2.14. The van der Waals surface area contributed by atoms with E-state index >= 15 is 0 Å². The van der Waals surface area contributed by atoms with Crippen LogP contribution in [0.5, 0.6) is 0 Å². The van der Waals surface area contributed by atoms with Crippen LogP contribution < -0.4 is 0 Å². The minimum Gasteiger partial charge on any atom is -0.454 e. The van der Waals surface area contributed by atoms with Crippen molar-refractivity contribution < 1.29 is 4.42 Å². The standard InChI is InChI=1S/C51H32N4O/c1-3-14-33(15-4-1)37-18-13-19-38(32-37)34-26-28-35(29-27-34)39-20-7-8-23-44(39)50-52-49(36-16-5-2-6-17-36)53-51(54-50)55-45-24-11-9-21-40(45)42-30-31-43-41-22-10-12-25-46(41)56-48(43)47(42)55/h1-32H. The monoisotopic (exact) mass is 716 g/mol. The van der Waals surface area contributed by atoms with Crippen LogP contribution in [0.1, 0.15) is 0 Å². The normalized spacial score (nSPS) is 11.6. The first-order valence-corrected chi connectivity index (χ1v) is 18.8. The molecule has 56 heavy (non-hydrogen) atoms. The van der Waals surface area contributed by atoms with Gasteiger partial charge in [-0.1, -0.05) is 170 Å². The lowest BCUT2D eigenvalue weighted by atomic mass is 9.95. The molecule has 5 nitrogen and oxygen atoms in total. The van der Waals surface area contributed by atoms with Crippen molar-refractivity contribution in [2.45, 2.75) is 0 Å². The molecule has 0 aliphatic carbocycles. The van der Waals surface area contributed by atoms with Gasteiger partial charge in [0, 0.05) is 32.7 Å². The van der Waals surface area contributed by atoms with Crippen molar-refractivity contribution in [3.05, 3.63) is 194 Å². The summed E-state index contributed by atoms with van der Waals surface area (Å²) in [7, 11) is 0. The summed E-state index contributed by atoms with van der Waals surface area (Å²) in [5, 5.41) is 4.30. The SMILES string of the molecule is c1ccc(-c2cccc(-c3ccc(-c4ccccc4-c4nc(-c5ccccc5)nc(-n5c6ccccc6c6ccc7c8ccccc8oc7c65)n4)cc3)c2)cc1. The molecule has 5 heteroatoms. The highest BCUT2D eigenvalue weighted by Gasteiger charge is 2.22. The van der Waals surface area contributed by atoms with Crippen LogP contribution >= 0.6 is 0 Å². The molecule has 0 saturated heterocycles. The molecule has 3 aromatic heterocycles. The fourth-order valence-corrected chi connectivity index (χ4v) is 8.02. The van der Waals surface area contributed by atoms with Crippen molar-refractivity contribution in [1.29, 1.82) is 0 Å². The number of aromatic nitrogens is 4. The molecule has 0 atom stereocenters. The average molecular weight is 717 g/mol. The van der Waals surface area contributed by atoms with Crippen LogP contribution in [-0.4, -0.2) is 19.5 Å². The van der Waals surface area contributed by atoms with E-state index in [1.807, 2.05) is 54.6 Å². The summed E-state index contributed by atoms with van der Waals surface area (Å²) in [4.78, 5) is 15.7. The van der Waals surface area contributed by atoms with Gasteiger partial charge < -0.3 is 4.42 Å². The van der Waals surface area contributed by atoms with E-state index in [1.54, 1.807) is 0 Å². The Labute approximate surface area is 322 Å². The smallest absolute Gasteiger partial charge is 0.238 e. The predicted molar refractivity (Wildman–Crippen MR) is 229 cm³/mol. The molecule has 0 aliphatic rings. The maximum atomic E-state index is 6.64. The van der Waals surface area contributed by atoms with Crippen molar-refractivity contribution in [3.8, 4) is 62.1 Å². The molecule has 0 radical (unpaired) electrons. The molecular weight excluding hydrogens is 685 g/mol. The van der Waals surface area contributed by atoms with Gasteiger partial charge in [-0.2, -0.15) is 9.97 Å². The Morgan fingerprint density at radius 2 is 0.929 bits per heavy atom. The van der Waals surface area contributed by atoms with Crippen LogP contribution in [0.25, 0.3) is 106 Å². The zero-order valence-corrected chi connectivity index (χ0v) is 30.2. The molecule has 0 N–H and O–H groups in total. The minimum atomic E-state index is 0.524. The van der Waals surface area contributed by atoms with Gasteiger partial charge in [-0.25, -0.2) is 4.98 Å². The Balaban J connectivity index is 1.09. The molecule has 0 fully saturated rings. The van der Waals surface area contributed by atoms with Crippen LogP contribution in [0.2, 0.25) is 0 Å². The van der Waals surface area contributed by atoms with E-state index in [9.17, 15) is 0 Å². The molecule has 0 aliphatic heterocycles. The Kier molecular flexibility index (Phi) is 7.42. The molecule has 262 valence electrons. The lowest BCUT2D eigenvalue weighted by Crippen LogP contribution is -2.07. The van der Waals surface area contributed by atoms with Crippen LogP contribution in [0, 0.1) is 0 Å². The highest BCUT2D eigenvalue weighted by atomic mass is 16.3. The number of hydrogen-bond acceptors (Lipinski definition) is 4. The van der Waals surface area contributed by atoms with E-state index in [1.165, 1.54) is 16.7 Å². The summed E-state index contributed by atoms with van der Waals surface area (Å²) < 4.78 is 8.79. The van der Waals surface area contributed by atoms with E-state index in [2.05, 4.69) is 144 Å². The van der Waals surface area contributed by atoms with Gasteiger partial charge in [0.05, 0.1) is 5.52 Å². The van der Waals surface area contributed by atoms with Crippen LogP contribution in [0.3, 0.4) is 0 Å². The first-order chi connectivity index (χ1) is 27.8. The highest BCUT2D eigenvalue weighted by Crippen LogP contribution is 2.41. The molecule has 0 bridgehead atoms. The van der Waals surface area contributed by atoms with Crippen molar-refractivity contribution in [3.63, 3.8) is 0 Å². The molecular formula is C51H32N4O. The predicted octanol–water partition coefficient (Wildman–Crippen LogP) is 13.2. The molecule has 0 unspecified atom stereocenters. The summed E-state index contributed by atoms with van der Waals surface area (Å²) in [5.74, 6) is 1.71. The molecule has 8 aromatic carbocycles. The third-order valence-electron chi connectivity index (χ3n) is 10.7. The second kappa shape index (κ2) is 13.0. The van der Waals surface area contributed by atoms with E-state index in [-0.39, 0.29) is 0 Å². The largest absolute Gasteiger partial charge is 0.454 e. The molecule has 0 spiro atoms. The highest BCUT2D eigenvalue weighted by molar-refractivity contribution is 6.21. The summed E-state index contributed by atoms with van der Waals surface area (Å²) in [6.07, 6.45) is 0. The second-order valence-electron chi connectivity index (χ2n) is 14.0. The third kappa shape index (κ3) is 5.29. The van der Waals surface area contributed by atoms with Gasteiger partial charge in [0.25, 0.3) is 0 Å². The minimum absolute atomic E-state index is 0.524. The molecule has 11 aromatic rings. The van der Waals surface area contributed by atoms with Crippen molar-refractivity contribution >= 4 is 43.7 Å². The Bertz CT molecular complexity index is 3240. The number of furan rings is 1. The van der Waals surface area contributed by atoms with Gasteiger partial charge in [0.1, 0.15) is 11.1 Å². The number of para-hydroxylation sites is 2. The first-order valence-electron chi connectivity index (χ1n) is 18.8. The maximum Gasteiger partial charge on any atom is 0.238 e. The lowest BCUT2D eigenvalue weighted by molar-refractivity contribution is 0.670. The summed E-state index contributed by atoms with van der Waals surface area (Å²) in [6, 6.07) is 67.4. The summed E-state index contributed by atoms with van der Waals surface area (Å²) in [5.41, 5.74) is 12.2. The fraction of sp³-hybridized carbons (Fsp3) is 0. The van der Waals surface area contributed by atoms with Crippen molar-refractivity contribution in [2.24, 2.45) is 0 Å². The maximum absolute atomic E-state index is 6.64. The summed E-state index contributed by atoms with van der Waals surface area (Å²) in [6.45, 7) is 0. The summed E-state index contributed by atoms with van der Waals surface area (Å²) >= 11 is 0. The van der Waals surface area contributed by atoms with Gasteiger partial charge in [-0.05, 0) is 57.6 Å². The van der Waals surface area contributed by atoms with E-state index in [0.29, 0.717) is 17.6 Å². The van der Waals surface area contributed by atoms with E-state index in [0.717, 1.165) is 71.6 Å². The molecule has 0 amide bonds. The molecule has 0 saturated carbocycles. The zero-order valence-electron chi connectivity index (χ0n) is 30.2. The number of rotatable bonds is 6. The van der Waals surface area contributed by atoms with E-state index < -0.39 is 0 Å².